The molecule has 2 spiro atoms. The molecule has 1 aromatic carbocycles. The van der Waals surface area contributed by atoms with Crippen molar-refractivity contribution in [3.63, 3.8) is 0 Å². The maximum Gasteiger partial charge on any atom is 0.230 e. The third-order valence-electron chi connectivity index (χ3n) is 7.84. The largest absolute Gasteiger partial charge is 0.345 e. The highest BCUT2D eigenvalue weighted by Crippen LogP contribution is 2.57. The molecule has 1 atom stereocenters. The van der Waals surface area contributed by atoms with Gasteiger partial charge in [-0.2, -0.15) is 0 Å². The molecule has 3 saturated heterocycles. The maximum absolute atomic E-state index is 13.3. The van der Waals surface area contributed by atoms with Crippen molar-refractivity contribution in [2.75, 3.05) is 46.3 Å². The van der Waals surface area contributed by atoms with Crippen LogP contribution in [0.3, 0.4) is 0 Å². The summed E-state index contributed by atoms with van der Waals surface area (Å²) >= 11 is 0. The fourth-order valence-corrected chi connectivity index (χ4v) is 6.21. The number of hydrogen-bond acceptors (Lipinski definition) is 3. The van der Waals surface area contributed by atoms with Crippen LogP contribution in [0.5, 0.6) is 0 Å². The van der Waals surface area contributed by atoms with Crippen LogP contribution in [-0.4, -0.2) is 72.8 Å². The van der Waals surface area contributed by atoms with E-state index in [-0.39, 0.29) is 16.7 Å². The Kier molecular flexibility index (Phi) is 5.69. The Morgan fingerprint density at radius 2 is 1.70 bits per heavy atom. The van der Waals surface area contributed by atoms with Crippen LogP contribution in [0.1, 0.15) is 44.2 Å². The zero-order valence-electron chi connectivity index (χ0n) is 19.1. The minimum atomic E-state index is -0.247. The number of fused-ring (bicyclic) bond motifs is 1. The fraction of sp³-hybridized carbons (Fsp3) is 0.680. The van der Waals surface area contributed by atoms with E-state index in [1.54, 1.807) is 0 Å². The van der Waals surface area contributed by atoms with E-state index in [9.17, 15) is 9.59 Å². The topological polar surface area (TPSA) is 43.9 Å². The summed E-state index contributed by atoms with van der Waals surface area (Å²) in [6, 6.07) is 8.26. The number of carbonyl (C=O) groups is 2. The first-order valence-electron chi connectivity index (χ1n) is 11.6. The lowest BCUT2D eigenvalue weighted by Gasteiger charge is -2.47. The predicted molar refractivity (Wildman–Crippen MR) is 119 cm³/mol. The molecule has 0 unspecified atom stereocenters. The van der Waals surface area contributed by atoms with Crippen molar-refractivity contribution in [1.82, 2.24) is 14.7 Å². The van der Waals surface area contributed by atoms with Gasteiger partial charge in [0.1, 0.15) is 0 Å². The molecule has 5 heteroatoms. The third-order valence-corrected chi connectivity index (χ3v) is 7.84. The van der Waals surface area contributed by atoms with E-state index in [2.05, 4.69) is 49.9 Å². The molecular weight excluding hydrogens is 374 g/mol. The van der Waals surface area contributed by atoms with Gasteiger partial charge in [0.05, 0.1) is 11.8 Å². The van der Waals surface area contributed by atoms with Gasteiger partial charge in [0.2, 0.25) is 11.8 Å². The molecule has 4 rings (SSSR count). The van der Waals surface area contributed by atoms with E-state index in [0.717, 1.165) is 64.1 Å². The van der Waals surface area contributed by atoms with E-state index in [0.29, 0.717) is 18.2 Å². The van der Waals surface area contributed by atoms with Gasteiger partial charge in [-0.1, -0.05) is 43.7 Å². The second-order valence-corrected chi connectivity index (χ2v) is 10.4. The number of benzene rings is 1. The molecule has 0 saturated carbocycles. The maximum atomic E-state index is 13.3. The first-order valence-corrected chi connectivity index (χ1v) is 11.6. The van der Waals surface area contributed by atoms with Gasteiger partial charge >= 0.3 is 0 Å². The lowest BCUT2D eigenvalue weighted by molar-refractivity contribution is -0.143. The Hall–Kier alpha value is -1.88. The molecular formula is C25H37N3O2. The van der Waals surface area contributed by atoms with Crippen molar-refractivity contribution in [3.05, 3.63) is 35.4 Å². The first-order chi connectivity index (χ1) is 14.2. The van der Waals surface area contributed by atoms with Crippen molar-refractivity contribution in [2.45, 2.75) is 46.5 Å². The highest BCUT2D eigenvalue weighted by Gasteiger charge is 2.64. The Morgan fingerprint density at radius 1 is 1.03 bits per heavy atom. The summed E-state index contributed by atoms with van der Waals surface area (Å²) < 4.78 is 0. The molecule has 164 valence electrons. The minimum absolute atomic E-state index is 0.0182. The van der Waals surface area contributed by atoms with Crippen LogP contribution in [0.15, 0.2) is 24.3 Å². The molecule has 0 radical (unpaired) electrons. The predicted octanol–water partition coefficient (Wildman–Crippen LogP) is 2.97. The molecule has 30 heavy (non-hydrogen) atoms. The van der Waals surface area contributed by atoms with Crippen molar-refractivity contribution in [3.8, 4) is 0 Å². The molecule has 0 aliphatic carbocycles. The molecule has 0 N–H and O–H groups in total. The quantitative estimate of drug-likeness (QED) is 0.765. The number of amides is 2. The fourth-order valence-electron chi connectivity index (χ4n) is 6.21. The lowest BCUT2D eigenvalue weighted by Crippen LogP contribution is -2.53. The van der Waals surface area contributed by atoms with E-state index >= 15 is 0 Å². The highest BCUT2D eigenvalue weighted by atomic mass is 16.2. The van der Waals surface area contributed by atoms with Crippen molar-refractivity contribution in [2.24, 2.45) is 16.7 Å². The normalized spacial score (nSPS) is 26.5. The highest BCUT2D eigenvalue weighted by molar-refractivity contribution is 5.86. The summed E-state index contributed by atoms with van der Waals surface area (Å²) in [5, 5.41) is 0. The molecule has 3 aliphatic rings. The molecule has 5 nitrogen and oxygen atoms in total. The summed E-state index contributed by atoms with van der Waals surface area (Å²) in [6.45, 7) is 12.0. The van der Waals surface area contributed by atoms with Crippen LogP contribution in [0, 0.1) is 23.7 Å². The van der Waals surface area contributed by atoms with Gasteiger partial charge in [-0.25, -0.2) is 0 Å². The Morgan fingerprint density at radius 3 is 2.27 bits per heavy atom. The number of nitrogens with zero attached hydrogens (tertiary/aromatic N) is 3. The SMILES string of the molecule is Cc1ccc(CC(=O)N2CCC3(CC2)CN(CC(C)C)C[C@@]32CCN(C)C2=O)cc1. The average molecular weight is 412 g/mol. The third kappa shape index (κ3) is 3.66. The second-order valence-electron chi connectivity index (χ2n) is 10.4. The van der Waals surface area contributed by atoms with E-state index in [1.807, 2.05) is 16.8 Å². The summed E-state index contributed by atoms with van der Waals surface area (Å²) in [5.74, 6) is 1.16. The van der Waals surface area contributed by atoms with E-state index < -0.39 is 0 Å². The Balaban J connectivity index is 1.47. The Bertz CT molecular complexity index is 795. The number of piperidine rings is 1. The molecule has 2 amide bonds. The smallest absolute Gasteiger partial charge is 0.230 e. The molecule has 0 aromatic heterocycles. The van der Waals surface area contributed by atoms with Gasteiger partial charge in [0, 0.05) is 51.7 Å². The standard InChI is InChI=1S/C25H37N3O2/c1-19(2)16-27-17-24(25(18-27)11-12-26(4)23(25)30)9-13-28(14-10-24)22(29)15-21-7-5-20(3)6-8-21/h5-8,19H,9-18H2,1-4H3/t25-/m1/s1. The molecule has 3 aliphatic heterocycles. The molecule has 0 bridgehead atoms. The van der Waals surface area contributed by atoms with E-state index in [1.165, 1.54) is 5.56 Å². The first kappa shape index (κ1) is 21.4. The number of hydrogen-bond donors (Lipinski definition) is 0. The number of aryl methyl sites for hydroxylation is 1. The van der Waals surface area contributed by atoms with Crippen LogP contribution >= 0.6 is 0 Å². The van der Waals surface area contributed by atoms with Crippen LogP contribution < -0.4 is 0 Å². The zero-order chi connectivity index (χ0) is 21.5. The van der Waals surface area contributed by atoms with Gasteiger partial charge in [-0.3, -0.25) is 9.59 Å². The number of rotatable bonds is 4. The molecule has 3 fully saturated rings. The van der Waals surface area contributed by atoms with Gasteiger partial charge in [-0.15, -0.1) is 0 Å². The monoisotopic (exact) mass is 411 g/mol. The zero-order valence-corrected chi connectivity index (χ0v) is 19.1. The molecule has 3 heterocycles. The van der Waals surface area contributed by atoms with Gasteiger partial charge < -0.3 is 14.7 Å². The van der Waals surface area contributed by atoms with Gasteiger partial charge in [0.15, 0.2) is 0 Å². The summed E-state index contributed by atoms with van der Waals surface area (Å²) in [5.41, 5.74) is 2.07. The second kappa shape index (κ2) is 7.99. The van der Waals surface area contributed by atoms with Crippen LogP contribution in [0.4, 0.5) is 0 Å². The number of likely N-dealkylation sites (tertiary alicyclic amines) is 3. The van der Waals surface area contributed by atoms with Crippen LogP contribution in [0.2, 0.25) is 0 Å². The minimum Gasteiger partial charge on any atom is -0.345 e. The summed E-state index contributed by atoms with van der Waals surface area (Å²) in [6.07, 6.45) is 3.33. The van der Waals surface area contributed by atoms with Crippen LogP contribution in [0.25, 0.3) is 0 Å². The van der Waals surface area contributed by atoms with Gasteiger partial charge in [0.25, 0.3) is 0 Å². The summed E-state index contributed by atoms with van der Waals surface area (Å²) in [7, 11) is 1.95. The summed E-state index contributed by atoms with van der Waals surface area (Å²) in [4.78, 5) is 32.8. The van der Waals surface area contributed by atoms with Crippen molar-refractivity contribution in [1.29, 1.82) is 0 Å². The Labute approximate surface area is 181 Å². The average Bonchev–Trinajstić information content (AvgIpc) is 3.15. The number of carbonyl (C=O) groups excluding carboxylic acids is 2. The lowest BCUT2D eigenvalue weighted by atomic mass is 9.60. The van der Waals surface area contributed by atoms with E-state index in [4.69, 9.17) is 0 Å². The van der Waals surface area contributed by atoms with Crippen LogP contribution in [-0.2, 0) is 16.0 Å². The van der Waals surface area contributed by atoms with Gasteiger partial charge in [-0.05, 0) is 37.7 Å². The van der Waals surface area contributed by atoms with Crippen molar-refractivity contribution >= 4 is 11.8 Å². The molecule has 1 aromatic rings. The van der Waals surface area contributed by atoms with Crippen molar-refractivity contribution < 1.29 is 9.59 Å².